The maximum absolute atomic E-state index is 12.1. The number of nitrogens with zero attached hydrogens (tertiary/aromatic N) is 1. The van der Waals surface area contributed by atoms with Gasteiger partial charge in [-0.05, 0) is 37.6 Å². The minimum Gasteiger partial charge on any atom is -0.464 e. The van der Waals surface area contributed by atoms with Crippen molar-refractivity contribution in [1.29, 1.82) is 0 Å². The van der Waals surface area contributed by atoms with Crippen LogP contribution in [-0.4, -0.2) is 30.3 Å². The lowest BCUT2D eigenvalue weighted by Crippen LogP contribution is -2.37. The molecule has 2 amide bonds. The summed E-state index contributed by atoms with van der Waals surface area (Å²) in [5, 5.41) is 2.65. The molecule has 2 aromatic rings. The van der Waals surface area contributed by atoms with Gasteiger partial charge in [0.2, 0.25) is 5.91 Å². The third kappa shape index (κ3) is 3.97. The van der Waals surface area contributed by atoms with E-state index in [1.165, 1.54) is 4.90 Å². The average Bonchev–Trinajstić information content (AvgIpc) is 2.90. The van der Waals surface area contributed by atoms with Crippen LogP contribution in [0.15, 0.2) is 40.8 Å². The van der Waals surface area contributed by atoms with Gasteiger partial charge in [0, 0.05) is 12.6 Å². The zero-order chi connectivity index (χ0) is 16.1. The Bertz CT molecular complexity index is 676. The Labute approximate surface area is 129 Å². The smallest absolute Gasteiger partial charge is 0.251 e. The van der Waals surface area contributed by atoms with Crippen molar-refractivity contribution in [2.75, 3.05) is 13.6 Å². The van der Waals surface area contributed by atoms with E-state index in [1.807, 2.05) is 38.1 Å². The van der Waals surface area contributed by atoms with Crippen molar-refractivity contribution in [3.8, 4) is 0 Å². The topological polar surface area (TPSA) is 62.6 Å². The maximum atomic E-state index is 12.1. The van der Waals surface area contributed by atoms with E-state index in [0.29, 0.717) is 12.1 Å². The molecular formula is C17H20N2O3. The highest BCUT2D eigenvalue weighted by Crippen LogP contribution is 2.09. The molecule has 1 aromatic carbocycles. The molecule has 22 heavy (non-hydrogen) atoms. The normalized spacial score (nSPS) is 10.3. The summed E-state index contributed by atoms with van der Waals surface area (Å²) in [7, 11) is 1.68. The summed E-state index contributed by atoms with van der Waals surface area (Å²) in [6.45, 7) is 4.06. The summed E-state index contributed by atoms with van der Waals surface area (Å²) >= 11 is 0. The molecule has 0 radical (unpaired) electrons. The van der Waals surface area contributed by atoms with Gasteiger partial charge < -0.3 is 14.6 Å². The molecule has 0 aliphatic rings. The van der Waals surface area contributed by atoms with Crippen LogP contribution in [-0.2, 0) is 11.3 Å². The first-order valence-corrected chi connectivity index (χ1v) is 7.10. The first kappa shape index (κ1) is 15.8. The van der Waals surface area contributed by atoms with Crippen molar-refractivity contribution < 1.29 is 14.0 Å². The van der Waals surface area contributed by atoms with Crippen LogP contribution < -0.4 is 5.32 Å². The summed E-state index contributed by atoms with van der Waals surface area (Å²) < 4.78 is 5.43. The molecule has 0 aliphatic carbocycles. The Balaban J connectivity index is 1.87. The molecule has 1 N–H and O–H groups in total. The van der Waals surface area contributed by atoms with Gasteiger partial charge in [0.05, 0.1) is 13.1 Å². The van der Waals surface area contributed by atoms with E-state index in [0.717, 1.165) is 17.1 Å². The van der Waals surface area contributed by atoms with E-state index in [1.54, 1.807) is 19.2 Å². The lowest BCUT2D eigenvalue weighted by Gasteiger charge is -2.16. The van der Waals surface area contributed by atoms with Gasteiger partial charge in [-0.15, -0.1) is 0 Å². The van der Waals surface area contributed by atoms with Gasteiger partial charge in [0.15, 0.2) is 0 Å². The molecule has 5 nitrogen and oxygen atoms in total. The van der Waals surface area contributed by atoms with Gasteiger partial charge in [-0.25, -0.2) is 0 Å². The fraction of sp³-hybridized carbons (Fsp3) is 0.294. The van der Waals surface area contributed by atoms with E-state index in [2.05, 4.69) is 5.32 Å². The molecule has 116 valence electrons. The Hall–Kier alpha value is -2.56. The van der Waals surface area contributed by atoms with Gasteiger partial charge in [-0.3, -0.25) is 9.59 Å². The Kier molecular flexibility index (Phi) is 4.99. The van der Waals surface area contributed by atoms with E-state index in [-0.39, 0.29) is 18.4 Å². The van der Waals surface area contributed by atoms with Crippen molar-refractivity contribution >= 4 is 11.8 Å². The molecule has 0 atom stereocenters. The Morgan fingerprint density at radius 1 is 1.14 bits per heavy atom. The van der Waals surface area contributed by atoms with Crippen LogP contribution >= 0.6 is 0 Å². The first-order chi connectivity index (χ1) is 10.5. The number of carbonyl (C=O) groups is 2. The zero-order valence-electron chi connectivity index (χ0n) is 13.1. The number of rotatable bonds is 5. The second-order valence-electron chi connectivity index (χ2n) is 5.26. The number of benzene rings is 1. The number of likely N-dealkylation sites (N-methyl/N-ethyl adjacent to an activating group) is 1. The van der Waals surface area contributed by atoms with Crippen LogP contribution in [0.25, 0.3) is 0 Å². The predicted octanol–water partition coefficient (Wildman–Crippen LogP) is 2.28. The SMILES string of the molecule is Cc1ccc(CN(C)C(=O)CNC(=O)c2ccccc2C)o1. The standard InChI is InChI=1S/C17H20N2O3/c1-12-6-4-5-7-15(12)17(21)18-10-16(20)19(3)11-14-9-8-13(2)22-14/h4-9H,10-11H2,1-3H3,(H,18,21). The summed E-state index contributed by atoms with van der Waals surface area (Å²) in [5.41, 5.74) is 1.46. The van der Waals surface area contributed by atoms with Crippen molar-refractivity contribution in [2.45, 2.75) is 20.4 Å². The number of amides is 2. The molecule has 1 aromatic heterocycles. The van der Waals surface area contributed by atoms with Crippen LogP contribution in [0.5, 0.6) is 0 Å². The third-order valence-electron chi connectivity index (χ3n) is 3.40. The monoisotopic (exact) mass is 300 g/mol. The third-order valence-corrected chi connectivity index (χ3v) is 3.40. The minimum absolute atomic E-state index is 0.0383. The van der Waals surface area contributed by atoms with Crippen LogP contribution in [0.1, 0.15) is 27.4 Å². The predicted molar refractivity (Wildman–Crippen MR) is 83.4 cm³/mol. The van der Waals surface area contributed by atoms with Gasteiger partial charge in [-0.2, -0.15) is 0 Å². The number of hydrogen-bond acceptors (Lipinski definition) is 3. The van der Waals surface area contributed by atoms with Gasteiger partial charge >= 0.3 is 0 Å². The van der Waals surface area contributed by atoms with Crippen LogP contribution in [0.3, 0.4) is 0 Å². The molecular weight excluding hydrogens is 280 g/mol. The van der Waals surface area contributed by atoms with Gasteiger partial charge in [0.1, 0.15) is 11.5 Å². The highest BCUT2D eigenvalue weighted by Gasteiger charge is 2.14. The fourth-order valence-electron chi connectivity index (χ4n) is 2.11. The number of hydrogen-bond donors (Lipinski definition) is 1. The van der Waals surface area contributed by atoms with Crippen LogP contribution in [0, 0.1) is 13.8 Å². The second kappa shape index (κ2) is 6.93. The molecule has 0 aliphatic heterocycles. The molecule has 0 fully saturated rings. The first-order valence-electron chi connectivity index (χ1n) is 7.10. The minimum atomic E-state index is -0.242. The lowest BCUT2D eigenvalue weighted by molar-refractivity contribution is -0.129. The van der Waals surface area contributed by atoms with Crippen LogP contribution in [0.2, 0.25) is 0 Å². The largest absolute Gasteiger partial charge is 0.464 e. The summed E-state index contributed by atoms with van der Waals surface area (Å²) in [5.74, 6) is 1.12. The molecule has 1 heterocycles. The molecule has 0 spiro atoms. The van der Waals surface area contributed by atoms with Crippen molar-refractivity contribution in [3.05, 3.63) is 59.0 Å². The quantitative estimate of drug-likeness (QED) is 0.921. The average molecular weight is 300 g/mol. The molecule has 0 unspecified atom stereocenters. The number of carbonyl (C=O) groups excluding carboxylic acids is 2. The molecule has 2 rings (SSSR count). The molecule has 0 saturated heterocycles. The van der Waals surface area contributed by atoms with E-state index in [9.17, 15) is 9.59 Å². The van der Waals surface area contributed by atoms with E-state index >= 15 is 0 Å². The number of nitrogens with one attached hydrogen (secondary N) is 1. The number of furan rings is 1. The number of aryl methyl sites for hydroxylation is 2. The van der Waals surface area contributed by atoms with Crippen molar-refractivity contribution in [3.63, 3.8) is 0 Å². The van der Waals surface area contributed by atoms with E-state index < -0.39 is 0 Å². The van der Waals surface area contributed by atoms with Crippen LogP contribution in [0.4, 0.5) is 0 Å². The van der Waals surface area contributed by atoms with Crippen molar-refractivity contribution in [2.24, 2.45) is 0 Å². The van der Waals surface area contributed by atoms with E-state index in [4.69, 9.17) is 4.42 Å². The highest BCUT2D eigenvalue weighted by atomic mass is 16.3. The lowest BCUT2D eigenvalue weighted by atomic mass is 10.1. The highest BCUT2D eigenvalue weighted by molar-refractivity contribution is 5.97. The summed E-state index contributed by atoms with van der Waals surface area (Å²) in [4.78, 5) is 25.6. The molecule has 5 heteroatoms. The summed E-state index contributed by atoms with van der Waals surface area (Å²) in [6, 6.07) is 11.0. The van der Waals surface area contributed by atoms with Gasteiger partial charge in [0.25, 0.3) is 5.91 Å². The zero-order valence-corrected chi connectivity index (χ0v) is 13.1. The second-order valence-corrected chi connectivity index (χ2v) is 5.26. The molecule has 0 saturated carbocycles. The van der Waals surface area contributed by atoms with Crippen molar-refractivity contribution in [1.82, 2.24) is 10.2 Å². The fourth-order valence-corrected chi connectivity index (χ4v) is 2.11. The Morgan fingerprint density at radius 3 is 2.50 bits per heavy atom. The maximum Gasteiger partial charge on any atom is 0.251 e. The molecule has 0 bridgehead atoms. The van der Waals surface area contributed by atoms with Gasteiger partial charge in [-0.1, -0.05) is 18.2 Å². The summed E-state index contributed by atoms with van der Waals surface area (Å²) in [6.07, 6.45) is 0. The Morgan fingerprint density at radius 2 is 1.86 bits per heavy atom.